The molecule has 2 aromatic heterocycles. The number of rotatable bonds is 1. The molecule has 0 atom stereocenters. The molecule has 2 aromatic rings. The molecule has 0 unspecified atom stereocenters. The van der Waals surface area contributed by atoms with Crippen LogP contribution >= 0.6 is 11.3 Å². The molecule has 0 saturated carbocycles. The molecule has 3 nitrogen and oxygen atoms in total. The Kier molecular flexibility index (Phi) is 1.77. The number of carbonyl (C=O) groups excluding carboxylic acids is 1. The summed E-state index contributed by atoms with van der Waals surface area (Å²) in [6, 6.07) is 1.69. The van der Waals surface area contributed by atoms with E-state index in [0.29, 0.717) is 10.3 Å². The fraction of sp³-hybridized carbons (Fsp3) is 0.111. The van der Waals surface area contributed by atoms with Crippen LogP contribution in [-0.4, -0.2) is 15.9 Å². The van der Waals surface area contributed by atoms with Crippen molar-refractivity contribution in [2.24, 2.45) is 0 Å². The molecule has 0 aliphatic carbocycles. The van der Waals surface area contributed by atoms with Gasteiger partial charge in [0.2, 0.25) is 0 Å². The van der Waals surface area contributed by atoms with E-state index in [2.05, 4.69) is 4.98 Å². The molecule has 13 heavy (non-hydrogen) atoms. The summed E-state index contributed by atoms with van der Waals surface area (Å²) in [5.74, 6) is 0.141. The van der Waals surface area contributed by atoms with Crippen LogP contribution in [0.1, 0.15) is 16.6 Å². The van der Waals surface area contributed by atoms with Crippen molar-refractivity contribution in [2.45, 2.75) is 6.92 Å². The summed E-state index contributed by atoms with van der Waals surface area (Å²) in [5, 5.41) is 10.1. The summed E-state index contributed by atoms with van der Waals surface area (Å²) < 4.78 is 0.838. The van der Waals surface area contributed by atoms with Gasteiger partial charge in [0.15, 0.2) is 5.78 Å². The molecule has 0 aromatic carbocycles. The summed E-state index contributed by atoms with van der Waals surface area (Å²) in [4.78, 5) is 15.5. The van der Waals surface area contributed by atoms with Gasteiger partial charge in [0, 0.05) is 11.6 Å². The number of hydrogen-bond acceptors (Lipinski definition) is 4. The van der Waals surface area contributed by atoms with Gasteiger partial charge in [0.25, 0.3) is 0 Å². The number of aromatic nitrogens is 1. The van der Waals surface area contributed by atoms with Crippen LogP contribution in [0.2, 0.25) is 0 Å². The van der Waals surface area contributed by atoms with E-state index >= 15 is 0 Å². The highest BCUT2D eigenvalue weighted by Gasteiger charge is 2.08. The van der Waals surface area contributed by atoms with Gasteiger partial charge in [-0.15, -0.1) is 11.3 Å². The van der Waals surface area contributed by atoms with Gasteiger partial charge in [-0.2, -0.15) is 0 Å². The quantitative estimate of drug-likeness (QED) is 0.706. The molecular weight excluding hydrogens is 186 g/mol. The zero-order valence-electron chi connectivity index (χ0n) is 6.94. The van der Waals surface area contributed by atoms with Crippen molar-refractivity contribution in [1.29, 1.82) is 0 Å². The van der Waals surface area contributed by atoms with Crippen LogP contribution in [0, 0.1) is 0 Å². The molecule has 0 aliphatic rings. The molecular formula is C9H7NO2S. The Labute approximate surface area is 78.7 Å². The number of nitrogens with zero attached hydrogens (tertiary/aromatic N) is 1. The Morgan fingerprint density at radius 1 is 1.54 bits per heavy atom. The highest BCUT2D eigenvalue weighted by molar-refractivity contribution is 7.20. The van der Waals surface area contributed by atoms with Gasteiger partial charge in [-0.3, -0.25) is 9.78 Å². The van der Waals surface area contributed by atoms with Crippen molar-refractivity contribution < 1.29 is 9.90 Å². The van der Waals surface area contributed by atoms with Crippen molar-refractivity contribution in [1.82, 2.24) is 4.98 Å². The van der Waals surface area contributed by atoms with Crippen molar-refractivity contribution in [3.05, 3.63) is 23.3 Å². The fourth-order valence-electron chi connectivity index (χ4n) is 1.12. The van der Waals surface area contributed by atoms with E-state index in [4.69, 9.17) is 0 Å². The lowest BCUT2D eigenvalue weighted by molar-refractivity contribution is 0.102. The molecule has 0 fully saturated rings. The van der Waals surface area contributed by atoms with Crippen LogP contribution in [0.15, 0.2) is 18.5 Å². The van der Waals surface area contributed by atoms with Gasteiger partial charge in [-0.05, 0) is 13.0 Å². The second-order valence-corrected chi connectivity index (χ2v) is 3.82. The third-order valence-corrected chi connectivity index (χ3v) is 2.94. The number of pyridine rings is 1. The minimum Gasteiger partial charge on any atom is -0.506 e. The number of hydrogen-bond donors (Lipinski definition) is 1. The molecule has 4 heteroatoms. The number of carbonyl (C=O) groups is 1. The van der Waals surface area contributed by atoms with Crippen molar-refractivity contribution in [2.75, 3.05) is 0 Å². The molecule has 1 N–H and O–H groups in total. The number of aromatic hydroxyl groups is 1. The van der Waals surface area contributed by atoms with Gasteiger partial charge in [0.05, 0.1) is 15.8 Å². The molecule has 0 spiro atoms. The minimum atomic E-state index is 0.0144. The first-order chi connectivity index (χ1) is 6.18. The van der Waals surface area contributed by atoms with E-state index in [1.807, 2.05) is 0 Å². The first kappa shape index (κ1) is 8.19. The van der Waals surface area contributed by atoms with Gasteiger partial charge in [0.1, 0.15) is 5.75 Å². The van der Waals surface area contributed by atoms with Gasteiger partial charge < -0.3 is 5.11 Å². The van der Waals surface area contributed by atoms with Crippen molar-refractivity contribution in [3.8, 4) is 5.75 Å². The Morgan fingerprint density at radius 2 is 2.31 bits per heavy atom. The van der Waals surface area contributed by atoms with E-state index in [1.54, 1.807) is 12.3 Å². The van der Waals surface area contributed by atoms with Gasteiger partial charge in [-0.25, -0.2) is 0 Å². The summed E-state index contributed by atoms with van der Waals surface area (Å²) in [5.41, 5.74) is 0. The van der Waals surface area contributed by atoms with Crippen LogP contribution in [0.25, 0.3) is 10.1 Å². The van der Waals surface area contributed by atoms with Crippen molar-refractivity contribution in [3.63, 3.8) is 0 Å². The molecule has 2 heterocycles. The summed E-state index contributed by atoms with van der Waals surface area (Å²) in [6.45, 7) is 1.51. The lowest BCUT2D eigenvalue weighted by Gasteiger charge is -1.89. The van der Waals surface area contributed by atoms with Crippen LogP contribution in [0.5, 0.6) is 5.75 Å². The van der Waals surface area contributed by atoms with Crippen LogP contribution in [0.4, 0.5) is 0 Å². The third kappa shape index (κ3) is 1.29. The number of fused-ring (bicyclic) bond motifs is 1. The Morgan fingerprint density at radius 3 is 2.92 bits per heavy atom. The fourth-order valence-corrected chi connectivity index (χ4v) is 2.06. The highest BCUT2D eigenvalue weighted by atomic mass is 32.1. The molecule has 2 rings (SSSR count). The molecule has 66 valence electrons. The first-order valence-corrected chi connectivity index (χ1v) is 4.57. The normalized spacial score (nSPS) is 10.5. The number of ketones is 1. The van der Waals surface area contributed by atoms with E-state index in [-0.39, 0.29) is 11.5 Å². The summed E-state index contributed by atoms with van der Waals surface area (Å²) >= 11 is 1.35. The monoisotopic (exact) mass is 193 g/mol. The molecule has 0 aliphatic heterocycles. The second kappa shape index (κ2) is 2.81. The maximum Gasteiger partial charge on any atom is 0.169 e. The maximum absolute atomic E-state index is 11.0. The lowest BCUT2D eigenvalue weighted by Crippen LogP contribution is -1.83. The summed E-state index contributed by atoms with van der Waals surface area (Å²) in [6.07, 6.45) is 3.02. The zero-order chi connectivity index (χ0) is 9.42. The van der Waals surface area contributed by atoms with Crippen LogP contribution in [-0.2, 0) is 0 Å². The first-order valence-electron chi connectivity index (χ1n) is 3.76. The average molecular weight is 193 g/mol. The molecule has 0 amide bonds. The van der Waals surface area contributed by atoms with Crippen LogP contribution < -0.4 is 0 Å². The van der Waals surface area contributed by atoms with E-state index in [0.717, 1.165) is 4.70 Å². The van der Waals surface area contributed by atoms with Gasteiger partial charge in [-0.1, -0.05) is 0 Å². The highest BCUT2D eigenvalue weighted by Crippen LogP contribution is 2.30. The second-order valence-electron chi connectivity index (χ2n) is 2.74. The predicted octanol–water partition coefficient (Wildman–Crippen LogP) is 2.20. The average Bonchev–Trinajstić information content (AvgIpc) is 2.49. The van der Waals surface area contributed by atoms with Crippen molar-refractivity contribution >= 4 is 27.2 Å². The Bertz CT molecular complexity index is 475. The smallest absolute Gasteiger partial charge is 0.169 e. The van der Waals surface area contributed by atoms with E-state index in [1.165, 1.54) is 24.5 Å². The molecule has 0 saturated heterocycles. The lowest BCUT2D eigenvalue weighted by atomic mass is 10.2. The standard InChI is InChI=1S/C9H7NO2S/c1-5(11)8-2-6-7(12)3-10-4-9(6)13-8/h2-4,12H,1H3. The topological polar surface area (TPSA) is 50.2 Å². The Balaban J connectivity index is 2.75. The van der Waals surface area contributed by atoms with E-state index in [9.17, 15) is 9.90 Å². The third-order valence-electron chi connectivity index (χ3n) is 1.77. The largest absolute Gasteiger partial charge is 0.506 e. The Hall–Kier alpha value is -1.42. The van der Waals surface area contributed by atoms with E-state index < -0.39 is 0 Å². The van der Waals surface area contributed by atoms with Crippen LogP contribution in [0.3, 0.4) is 0 Å². The summed E-state index contributed by atoms with van der Waals surface area (Å²) in [7, 11) is 0. The molecule has 0 radical (unpaired) electrons. The minimum absolute atomic E-state index is 0.0144. The zero-order valence-corrected chi connectivity index (χ0v) is 7.76. The SMILES string of the molecule is CC(=O)c1cc2c(O)cncc2s1. The molecule has 0 bridgehead atoms. The van der Waals surface area contributed by atoms with Gasteiger partial charge >= 0.3 is 0 Å². The predicted molar refractivity (Wildman–Crippen MR) is 51.3 cm³/mol. The number of Topliss-reactive ketones (excluding diaryl/α,β-unsaturated/α-hetero) is 1. The number of thiophene rings is 1. The maximum atomic E-state index is 11.0.